The highest BCUT2D eigenvalue weighted by molar-refractivity contribution is 6.30. The minimum Gasteiger partial charge on any atom is -0.493 e. The summed E-state index contributed by atoms with van der Waals surface area (Å²) in [7, 11) is 3.19. The quantitative estimate of drug-likeness (QED) is 0.503. The maximum atomic E-state index is 12.5. The highest BCUT2D eigenvalue weighted by Gasteiger charge is 2.33. The van der Waals surface area contributed by atoms with Crippen LogP contribution in [0.25, 0.3) is 0 Å². The molecule has 1 atom stereocenters. The first-order chi connectivity index (χ1) is 16.4. The molecule has 0 amide bonds. The predicted octanol–water partition coefficient (Wildman–Crippen LogP) is 3.84. The summed E-state index contributed by atoms with van der Waals surface area (Å²) < 4.78 is 21.3. The molecule has 0 aliphatic carbocycles. The van der Waals surface area contributed by atoms with Crippen molar-refractivity contribution in [3.8, 4) is 11.5 Å². The van der Waals surface area contributed by atoms with E-state index in [1.54, 1.807) is 34.1 Å². The third-order valence-corrected chi connectivity index (χ3v) is 5.88. The maximum Gasteiger partial charge on any atom is 0.325 e. The van der Waals surface area contributed by atoms with Crippen molar-refractivity contribution in [1.29, 1.82) is 0 Å². The Labute approximate surface area is 205 Å². The Morgan fingerprint density at radius 3 is 2.35 bits per heavy atom. The zero-order chi connectivity index (χ0) is 24.7. The fourth-order valence-corrected chi connectivity index (χ4v) is 4.39. The molecule has 9 heteroatoms. The van der Waals surface area contributed by atoms with E-state index in [0.29, 0.717) is 36.3 Å². The zero-order valence-corrected chi connectivity index (χ0v) is 20.7. The van der Waals surface area contributed by atoms with Gasteiger partial charge in [-0.05, 0) is 67.3 Å². The highest BCUT2D eigenvalue weighted by atomic mass is 35.5. The molecule has 0 unspecified atom stereocenters. The predicted molar refractivity (Wildman–Crippen MR) is 130 cm³/mol. The molecule has 0 aromatic heterocycles. The molecule has 0 spiro atoms. The molecular formula is C25H31ClN2O6. The zero-order valence-electron chi connectivity index (χ0n) is 20.0. The standard InChI is InChI=1S/C25H31ClN2O6/c1-5-33-23(29)14-27-20-8-7-17(26)12-19(20)25-18-13-22(32-4)21(31-3)11-16(18)9-10-28(25)15-24(30)34-6-2/h7-8,11-13,25,27H,5-6,9-10,14-15H2,1-4H3/t25-/m0/s1. The number of carbonyl (C=O) groups is 2. The summed E-state index contributed by atoms with van der Waals surface area (Å²) in [5.41, 5.74) is 3.60. The summed E-state index contributed by atoms with van der Waals surface area (Å²) in [5.74, 6) is 0.569. The minimum absolute atomic E-state index is 0.00581. The smallest absolute Gasteiger partial charge is 0.325 e. The number of carbonyl (C=O) groups excluding carboxylic acids is 2. The van der Waals surface area contributed by atoms with Gasteiger partial charge in [0.2, 0.25) is 0 Å². The van der Waals surface area contributed by atoms with Crippen LogP contribution in [0.4, 0.5) is 5.69 Å². The first-order valence-corrected chi connectivity index (χ1v) is 11.6. The van der Waals surface area contributed by atoms with E-state index in [4.69, 9.17) is 30.5 Å². The van der Waals surface area contributed by atoms with Gasteiger partial charge in [0.15, 0.2) is 11.5 Å². The van der Waals surface area contributed by atoms with Gasteiger partial charge in [0.25, 0.3) is 0 Å². The SMILES string of the molecule is CCOC(=O)CNc1ccc(Cl)cc1[C@@H]1c2cc(OC)c(OC)cc2CCN1CC(=O)OCC. The lowest BCUT2D eigenvalue weighted by molar-refractivity contribution is -0.145. The third kappa shape index (κ3) is 5.93. The van der Waals surface area contributed by atoms with Gasteiger partial charge < -0.3 is 24.3 Å². The van der Waals surface area contributed by atoms with Crippen molar-refractivity contribution in [1.82, 2.24) is 4.90 Å². The second kappa shape index (κ2) is 11.9. The van der Waals surface area contributed by atoms with Crippen LogP contribution in [0.2, 0.25) is 5.02 Å². The van der Waals surface area contributed by atoms with Crippen molar-refractivity contribution in [2.45, 2.75) is 26.3 Å². The topological polar surface area (TPSA) is 86.3 Å². The van der Waals surface area contributed by atoms with Gasteiger partial charge in [-0.2, -0.15) is 0 Å². The van der Waals surface area contributed by atoms with Crippen molar-refractivity contribution in [2.75, 3.05) is 52.4 Å². The molecule has 0 bridgehead atoms. The molecule has 0 fully saturated rings. The Balaban J connectivity index is 2.10. The van der Waals surface area contributed by atoms with Crippen LogP contribution in [0.5, 0.6) is 11.5 Å². The second-order valence-electron chi connectivity index (χ2n) is 7.72. The van der Waals surface area contributed by atoms with Crippen molar-refractivity contribution < 1.29 is 28.5 Å². The van der Waals surface area contributed by atoms with Crippen LogP contribution in [0.1, 0.15) is 36.6 Å². The van der Waals surface area contributed by atoms with E-state index >= 15 is 0 Å². The van der Waals surface area contributed by atoms with E-state index < -0.39 is 0 Å². The molecular weight excluding hydrogens is 460 g/mol. The Morgan fingerprint density at radius 2 is 1.68 bits per heavy atom. The Kier molecular flexibility index (Phi) is 9.01. The van der Waals surface area contributed by atoms with Gasteiger partial charge in [0.1, 0.15) is 6.54 Å². The molecule has 2 aromatic carbocycles. The molecule has 1 heterocycles. The number of methoxy groups -OCH3 is 2. The first-order valence-electron chi connectivity index (χ1n) is 11.2. The molecule has 0 saturated heterocycles. The average molecular weight is 491 g/mol. The summed E-state index contributed by atoms with van der Waals surface area (Å²) in [5, 5.41) is 3.71. The van der Waals surface area contributed by atoms with Crippen molar-refractivity contribution >= 4 is 29.2 Å². The molecule has 0 radical (unpaired) electrons. The van der Waals surface area contributed by atoms with Gasteiger partial charge >= 0.3 is 11.9 Å². The number of halogens is 1. The van der Waals surface area contributed by atoms with Crippen molar-refractivity contribution in [2.24, 2.45) is 0 Å². The fraction of sp³-hybridized carbons (Fsp3) is 0.440. The summed E-state index contributed by atoms with van der Waals surface area (Å²) in [6, 6.07) is 9.01. The molecule has 8 nitrogen and oxygen atoms in total. The van der Waals surface area contributed by atoms with Gasteiger partial charge in [-0.3, -0.25) is 14.5 Å². The van der Waals surface area contributed by atoms with E-state index in [-0.39, 0.29) is 31.1 Å². The molecule has 1 N–H and O–H groups in total. The van der Waals surface area contributed by atoms with Crippen LogP contribution in [0, 0.1) is 0 Å². The fourth-order valence-electron chi connectivity index (χ4n) is 4.20. The van der Waals surface area contributed by atoms with Gasteiger partial charge in [-0.15, -0.1) is 0 Å². The maximum absolute atomic E-state index is 12.5. The largest absolute Gasteiger partial charge is 0.493 e. The van der Waals surface area contributed by atoms with E-state index in [2.05, 4.69) is 5.32 Å². The summed E-state index contributed by atoms with van der Waals surface area (Å²) in [6.45, 7) is 4.89. The molecule has 1 aliphatic rings. The summed E-state index contributed by atoms with van der Waals surface area (Å²) in [6.07, 6.45) is 0.720. The number of nitrogens with zero attached hydrogens (tertiary/aromatic N) is 1. The van der Waals surface area contributed by atoms with Crippen LogP contribution in [0.15, 0.2) is 30.3 Å². The number of hydrogen-bond acceptors (Lipinski definition) is 8. The minimum atomic E-state index is -0.359. The summed E-state index contributed by atoms with van der Waals surface area (Å²) in [4.78, 5) is 26.5. The summed E-state index contributed by atoms with van der Waals surface area (Å²) >= 11 is 6.41. The van der Waals surface area contributed by atoms with E-state index in [9.17, 15) is 9.59 Å². The van der Waals surface area contributed by atoms with Crippen LogP contribution in [-0.2, 0) is 25.5 Å². The number of benzene rings is 2. The monoisotopic (exact) mass is 490 g/mol. The van der Waals surface area contributed by atoms with Gasteiger partial charge in [-0.1, -0.05) is 11.6 Å². The molecule has 2 aromatic rings. The van der Waals surface area contributed by atoms with Crippen LogP contribution >= 0.6 is 11.6 Å². The third-order valence-electron chi connectivity index (χ3n) is 5.65. The highest BCUT2D eigenvalue weighted by Crippen LogP contribution is 2.43. The second-order valence-corrected chi connectivity index (χ2v) is 8.16. The Hall–Kier alpha value is -2.97. The molecule has 1 aliphatic heterocycles. The Bertz CT molecular complexity index is 1030. The first kappa shape index (κ1) is 25.6. The van der Waals surface area contributed by atoms with E-state index in [0.717, 1.165) is 28.8 Å². The van der Waals surface area contributed by atoms with E-state index in [1.807, 2.05) is 29.2 Å². The number of nitrogens with one attached hydrogen (secondary N) is 1. The molecule has 184 valence electrons. The average Bonchev–Trinajstić information content (AvgIpc) is 2.82. The van der Waals surface area contributed by atoms with Crippen molar-refractivity contribution in [3.05, 3.63) is 52.0 Å². The molecule has 0 saturated carbocycles. The van der Waals surface area contributed by atoms with Crippen LogP contribution < -0.4 is 14.8 Å². The van der Waals surface area contributed by atoms with E-state index in [1.165, 1.54) is 0 Å². The van der Waals surface area contributed by atoms with Crippen LogP contribution in [-0.4, -0.2) is 63.9 Å². The molecule has 34 heavy (non-hydrogen) atoms. The normalized spacial score (nSPS) is 15.3. The lowest BCUT2D eigenvalue weighted by Crippen LogP contribution is -2.40. The van der Waals surface area contributed by atoms with Gasteiger partial charge in [0.05, 0.1) is 40.0 Å². The van der Waals surface area contributed by atoms with Gasteiger partial charge in [-0.25, -0.2) is 0 Å². The van der Waals surface area contributed by atoms with Gasteiger partial charge in [0, 0.05) is 17.3 Å². The Morgan fingerprint density at radius 1 is 1.00 bits per heavy atom. The lowest BCUT2D eigenvalue weighted by Gasteiger charge is -2.38. The molecule has 3 rings (SSSR count). The number of ether oxygens (including phenoxy) is 4. The number of rotatable bonds is 10. The number of esters is 2. The van der Waals surface area contributed by atoms with Crippen LogP contribution in [0.3, 0.4) is 0 Å². The number of fused-ring (bicyclic) bond motifs is 1. The number of anilines is 1. The lowest BCUT2D eigenvalue weighted by atomic mass is 9.86. The van der Waals surface area contributed by atoms with Crippen molar-refractivity contribution in [3.63, 3.8) is 0 Å². The number of hydrogen-bond donors (Lipinski definition) is 1.